The molecule has 2 heterocycles. The lowest BCUT2D eigenvalue weighted by Crippen LogP contribution is -2.29. The van der Waals surface area contributed by atoms with Crippen molar-refractivity contribution in [3.63, 3.8) is 0 Å². The Bertz CT molecular complexity index is 1220. The van der Waals surface area contributed by atoms with E-state index in [2.05, 4.69) is 10.4 Å². The molecule has 1 aliphatic carbocycles. The molecule has 0 amide bonds. The molecule has 5 rings (SSSR count). The van der Waals surface area contributed by atoms with Gasteiger partial charge in [-0.3, -0.25) is 14.7 Å². The van der Waals surface area contributed by atoms with E-state index in [0.717, 1.165) is 29.8 Å². The molecule has 2 N–H and O–H groups in total. The summed E-state index contributed by atoms with van der Waals surface area (Å²) in [5.74, 6) is 0.188. The molecule has 0 radical (unpaired) electrons. The number of Topliss-reactive ketones (excluding diaryl/α,β-unsaturated/α-hetero) is 1. The van der Waals surface area contributed by atoms with Crippen molar-refractivity contribution in [1.82, 2.24) is 9.78 Å². The van der Waals surface area contributed by atoms with Crippen LogP contribution in [0.5, 0.6) is 0 Å². The minimum absolute atomic E-state index is 0.0623. The Hall–Kier alpha value is -2.76. The summed E-state index contributed by atoms with van der Waals surface area (Å²) in [4.78, 5) is 26.3. The van der Waals surface area contributed by atoms with Gasteiger partial charge in [0.05, 0.1) is 21.3 Å². The Kier molecular flexibility index (Phi) is 4.37. The molecule has 0 bridgehead atoms. The zero-order valence-electron chi connectivity index (χ0n) is 15.3. The molecule has 0 saturated carbocycles. The van der Waals surface area contributed by atoms with Crippen molar-refractivity contribution in [3.8, 4) is 5.69 Å². The zero-order valence-corrected chi connectivity index (χ0v) is 16.8. The molecule has 3 aromatic rings. The van der Waals surface area contributed by atoms with Gasteiger partial charge in [-0.1, -0.05) is 47.5 Å². The molecule has 0 spiro atoms. The molecule has 146 valence electrons. The topological polar surface area (TPSA) is 66.9 Å². The van der Waals surface area contributed by atoms with Crippen molar-refractivity contribution in [3.05, 3.63) is 91.3 Å². The largest absolute Gasteiger partial charge is 0.343 e. The number of anilines is 1. The smallest absolute Gasteiger partial charge is 0.277 e. The summed E-state index contributed by atoms with van der Waals surface area (Å²) < 4.78 is 1.51. The van der Waals surface area contributed by atoms with E-state index in [4.69, 9.17) is 23.2 Å². The molecule has 1 aliphatic heterocycles. The quantitative estimate of drug-likeness (QED) is 0.604. The highest BCUT2D eigenvalue weighted by molar-refractivity contribution is 6.42. The van der Waals surface area contributed by atoms with E-state index in [1.54, 1.807) is 12.1 Å². The predicted octanol–water partition coefficient (Wildman–Crippen LogP) is 5.04. The van der Waals surface area contributed by atoms with Crippen LogP contribution in [0.15, 0.2) is 64.6 Å². The zero-order chi connectivity index (χ0) is 20.1. The van der Waals surface area contributed by atoms with Gasteiger partial charge in [0, 0.05) is 23.6 Å². The van der Waals surface area contributed by atoms with Crippen LogP contribution in [0.4, 0.5) is 5.82 Å². The van der Waals surface area contributed by atoms with Gasteiger partial charge in [-0.25, -0.2) is 4.68 Å². The van der Waals surface area contributed by atoms with E-state index >= 15 is 0 Å². The first-order chi connectivity index (χ1) is 14.0. The highest BCUT2D eigenvalue weighted by atomic mass is 35.5. The van der Waals surface area contributed by atoms with E-state index in [-0.39, 0.29) is 11.3 Å². The molecule has 7 heteroatoms. The number of H-pyrrole nitrogens is 1. The molecule has 1 unspecified atom stereocenters. The number of aromatic amines is 1. The average molecular weight is 426 g/mol. The van der Waals surface area contributed by atoms with Crippen LogP contribution in [0.3, 0.4) is 0 Å². The molecule has 2 aromatic carbocycles. The van der Waals surface area contributed by atoms with Crippen LogP contribution in [0, 0.1) is 0 Å². The first kappa shape index (κ1) is 18.3. The van der Waals surface area contributed by atoms with Gasteiger partial charge in [-0.05, 0) is 42.7 Å². The van der Waals surface area contributed by atoms with E-state index < -0.39 is 5.92 Å². The van der Waals surface area contributed by atoms with Crippen LogP contribution in [0.25, 0.3) is 5.69 Å². The maximum Gasteiger partial charge on any atom is 0.277 e. The summed E-state index contributed by atoms with van der Waals surface area (Å²) in [6.45, 7) is 0. The van der Waals surface area contributed by atoms with E-state index in [9.17, 15) is 9.59 Å². The Balaban J connectivity index is 1.76. The summed E-state index contributed by atoms with van der Waals surface area (Å²) in [5, 5.41) is 7.32. The fourth-order valence-electron chi connectivity index (χ4n) is 4.22. The minimum Gasteiger partial charge on any atom is -0.343 e. The van der Waals surface area contributed by atoms with Gasteiger partial charge >= 0.3 is 0 Å². The second kappa shape index (κ2) is 6.94. The molecular weight excluding hydrogens is 409 g/mol. The number of ketones is 1. The van der Waals surface area contributed by atoms with E-state index in [1.807, 2.05) is 36.4 Å². The first-order valence-electron chi connectivity index (χ1n) is 9.43. The summed E-state index contributed by atoms with van der Waals surface area (Å²) >= 11 is 12.4. The number of fused-ring (bicyclic) bond motifs is 1. The number of benzene rings is 2. The maximum absolute atomic E-state index is 13.4. The van der Waals surface area contributed by atoms with E-state index in [0.29, 0.717) is 33.4 Å². The van der Waals surface area contributed by atoms with Crippen LogP contribution < -0.4 is 10.9 Å². The van der Waals surface area contributed by atoms with Gasteiger partial charge in [0.1, 0.15) is 5.82 Å². The highest BCUT2D eigenvalue weighted by Gasteiger charge is 2.38. The van der Waals surface area contributed by atoms with Crippen molar-refractivity contribution in [2.45, 2.75) is 25.2 Å². The third kappa shape index (κ3) is 2.93. The lowest BCUT2D eigenvalue weighted by Gasteiger charge is -2.31. The summed E-state index contributed by atoms with van der Waals surface area (Å²) in [6.07, 6.45) is 2.03. The Morgan fingerprint density at radius 3 is 2.52 bits per heavy atom. The second-order valence-corrected chi connectivity index (χ2v) is 8.09. The molecule has 29 heavy (non-hydrogen) atoms. The molecule has 5 nitrogen and oxygen atoms in total. The van der Waals surface area contributed by atoms with E-state index in [1.165, 1.54) is 4.68 Å². The van der Waals surface area contributed by atoms with Gasteiger partial charge in [0.15, 0.2) is 5.78 Å². The number of allylic oxidation sites excluding steroid dienone is 2. The number of hydrogen-bond acceptors (Lipinski definition) is 3. The number of carbonyl (C=O) groups excluding carboxylic acids is 1. The number of carbonyl (C=O) groups is 1. The number of para-hydroxylation sites is 1. The summed E-state index contributed by atoms with van der Waals surface area (Å²) in [5.41, 5.74) is 3.35. The van der Waals surface area contributed by atoms with Crippen molar-refractivity contribution < 1.29 is 4.79 Å². The van der Waals surface area contributed by atoms with Gasteiger partial charge in [0.25, 0.3) is 5.56 Å². The van der Waals surface area contributed by atoms with Gasteiger partial charge in [-0.2, -0.15) is 0 Å². The minimum atomic E-state index is -0.488. The number of hydrogen-bond donors (Lipinski definition) is 2. The summed E-state index contributed by atoms with van der Waals surface area (Å²) in [6, 6.07) is 14.6. The fourth-order valence-corrected chi connectivity index (χ4v) is 4.53. The van der Waals surface area contributed by atoms with Gasteiger partial charge in [-0.15, -0.1) is 0 Å². The number of nitrogens with zero attached hydrogens (tertiary/aromatic N) is 1. The van der Waals surface area contributed by atoms with Crippen molar-refractivity contribution in [2.75, 3.05) is 5.32 Å². The third-order valence-corrected chi connectivity index (χ3v) is 6.27. The monoisotopic (exact) mass is 425 g/mol. The first-order valence-corrected chi connectivity index (χ1v) is 10.2. The predicted molar refractivity (Wildman–Crippen MR) is 114 cm³/mol. The number of nitrogens with one attached hydrogen (secondary N) is 2. The maximum atomic E-state index is 13.4. The number of rotatable bonds is 2. The lowest BCUT2D eigenvalue weighted by molar-refractivity contribution is -0.116. The molecular formula is C22H17Cl2N3O2. The van der Waals surface area contributed by atoms with Crippen LogP contribution in [0.1, 0.15) is 36.3 Å². The van der Waals surface area contributed by atoms with Crippen molar-refractivity contribution >= 4 is 34.8 Å². The van der Waals surface area contributed by atoms with Gasteiger partial charge in [0.2, 0.25) is 0 Å². The molecule has 1 atom stereocenters. The van der Waals surface area contributed by atoms with Crippen LogP contribution in [-0.2, 0) is 4.79 Å². The van der Waals surface area contributed by atoms with Crippen molar-refractivity contribution in [2.24, 2.45) is 0 Å². The van der Waals surface area contributed by atoms with Crippen LogP contribution in [-0.4, -0.2) is 15.6 Å². The normalized spacial score (nSPS) is 18.3. The SMILES string of the molecule is O=C1CCCC2=C1C(c1ccc(Cl)c(Cl)c1)c1c([nH]n(-c3ccccc3)c1=O)N2. The third-order valence-electron chi connectivity index (χ3n) is 5.53. The van der Waals surface area contributed by atoms with Gasteiger partial charge < -0.3 is 5.32 Å². The second-order valence-electron chi connectivity index (χ2n) is 7.28. The molecule has 0 saturated heterocycles. The summed E-state index contributed by atoms with van der Waals surface area (Å²) in [7, 11) is 0. The average Bonchev–Trinajstić information content (AvgIpc) is 3.06. The Morgan fingerprint density at radius 2 is 1.76 bits per heavy atom. The standard InChI is InChI=1S/C22H17Cl2N3O2/c23-14-10-9-12(11-15(14)24)18-19-16(7-4-8-17(19)28)25-21-20(18)22(29)27(26-21)13-5-2-1-3-6-13/h1-3,5-6,9-11,18,25-26H,4,7-8H2. The Labute approximate surface area is 176 Å². The Morgan fingerprint density at radius 1 is 0.966 bits per heavy atom. The molecule has 2 aliphatic rings. The van der Waals surface area contributed by atoms with Crippen LogP contribution >= 0.6 is 23.2 Å². The number of halogens is 2. The fraction of sp³-hybridized carbons (Fsp3) is 0.182. The molecule has 1 aromatic heterocycles. The van der Waals surface area contributed by atoms with Crippen LogP contribution in [0.2, 0.25) is 10.0 Å². The molecule has 0 fully saturated rings. The van der Waals surface area contributed by atoms with Crippen molar-refractivity contribution in [1.29, 1.82) is 0 Å². The lowest BCUT2D eigenvalue weighted by atomic mass is 9.77. The highest BCUT2D eigenvalue weighted by Crippen LogP contribution is 2.44. The number of aromatic nitrogens is 2.